The summed E-state index contributed by atoms with van der Waals surface area (Å²) in [6.45, 7) is 0. The Kier molecular flexibility index (Phi) is 8.75. The number of hydrogen-bond acceptors (Lipinski definition) is 2. The van der Waals surface area contributed by atoms with Gasteiger partial charge in [0.05, 0.1) is 0 Å². The van der Waals surface area contributed by atoms with E-state index >= 15 is 0 Å². The Morgan fingerprint density at radius 3 is 1.19 bits per heavy atom. The molecule has 2 aliphatic rings. The van der Waals surface area contributed by atoms with E-state index < -0.39 is 0 Å². The molecule has 0 radical (unpaired) electrons. The minimum Gasteiger partial charge on any atom is -0.310 e. The topological polar surface area (TPSA) is 6.48 Å². The number of rotatable bonds is 5. The van der Waals surface area contributed by atoms with Crippen molar-refractivity contribution in [3.05, 3.63) is 265 Å². The van der Waals surface area contributed by atoms with Crippen molar-refractivity contribution < 1.29 is 0 Å². The van der Waals surface area contributed by atoms with Gasteiger partial charge in [0.2, 0.25) is 0 Å². The van der Waals surface area contributed by atoms with Crippen molar-refractivity contribution in [1.82, 2.24) is 0 Å². The van der Waals surface area contributed by atoms with Crippen molar-refractivity contribution >= 4 is 77.2 Å². The lowest BCUT2D eigenvalue weighted by molar-refractivity contribution is 1.09. The number of benzene rings is 12. The van der Waals surface area contributed by atoms with Gasteiger partial charge in [0.1, 0.15) is 0 Å². The van der Waals surface area contributed by atoms with Crippen LogP contribution in [0.25, 0.3) is 76.5 Å². The molecule has 0 saturated heterocycles. The molecule has 14 rings (SSSR count). The van der Waals surface area contributed by atoms with E-state index in [1.54, 1.807) is 0 Å². The lowest BCUT2D eigenvalue weighted by Gasteiger charge is -2.34. The average molecular weight is 865 g/mol. The largest absolute Gasteiger partial charge is 0.310 e. The van der Waals surface area contributed by atoms with E-state index in [2.05, 4.69) is 252 Å². The quantitative estimate of drug-likeness (QED) is 0.159. The molecule has 0 unspecified atom stereocenters. The molecule has 2 heterocycles. The Labute approximate surface area is 396 Å². The molecule has 0 fully saturated rings. The van der Waals surface area contributed by atoms with Crippen molar-refractivity contribution in [1.29, 1.82) is 0 Å². The third-order valence-electron chi connectivity index (χ3n) is 14.6. The number of hydrogen-bond donors (Lipinski definition) is 0. The summed E-state index contributed by atoms with van der Waals surface area (Å²) in [6, 6.07) is 90.5. The zero-order valence-electron chi connectivity index (χ0n) is 37.4. The zero-order valence-corrected chi connectivity index (χ0v) is 37.4. The maximum Gasteiger partial charge on any atom is 0.0497 e. The van der Waals surface area contributed by atoms with E-state index in [4.69, 9.17) is 0 Å². The van der Waals surface area contributed by atoms with Crippen LogP contribution in [0.3, 0.4) is 0 Å². The second-order valence-electron chi connectivity index (χ2n) is 18.4. The highest BCUT2D eigenvalue weighted by Gasteiger charge is 2.28. The van der Waals surface area contributed by atoms with Crippen LogP contribution in [0.2, 0.25) is 0 Å². The van der Waals surface area contributed by atoms with Gasteiger partial charge in [-0.05, 0) is 153 Å². The minimum absolute atomic E-state index is 0.910. The molecule has 0 aliphatic carbocycles. The van der Waals surface area contributed by atoms with Crippen LogP contribution in [-0.4, -0.2) is 0 Å². The highest BCUT2D eigenvalue weighted by atomic mass is 15.2. The average Bonchev–Trinajstić information content (AvgIpc) is 3.40. The first-order chi connectivity index (χ1) is 33.7. The first-order valence-corrected chi connectivity index (χ1v) is 23.8. The smallest absolute Gasteiger partial charge is 0.0497 e. The van der Waals surface area contributed by atoms with Crippen LogP contribution in [0.15, 0.2) is 243 Å². The minimum atomic E-state index is 0.910. The van der Waals surface area contributed by atoms with Crippen LogP contribution >= 0.6 is 0 Å². The summed E-state index contributed by atoms with van der Waals surface area (Å²) in [6.07, 6.45) is 1.82. The maximum atomic E-state index is 2.49. The lowest BCUT2D eigenvalue weighted by Crippen LogP contribution is -2.18. The van der Waals surface area contributed by atoms with Crippen LogP contribution < -0.4 is 9.80 Å². The molecule has 0 spiro atoms. The van der Waals surface area contributed by atoms with Crippen LogP contribution in [0.4, 0.5) is 34.1 Å². The van der Waals surface area contributed by atoms with Gasteiger partial charge in [-0.2, -0.15) is 0 Å². The normalized spacial score (nSPS) is 12.8. The number of nitrogens with zero attached hydrogens (tertiary/aromatic N) is 2. The van der Waals surface area contributed by atoms with Crippen molar-refractivity contribution in [3.8, 4) is 33.4 Å². The Bertz CT molecular complexity index is 3910. The SMILES string of the molecule is c1cc(-c2cccc3ccccc23)cc(-c2c3cc(N4c5ccccc5Cc5ccccc54)ccc3c(-c3cccc4ccccc34)c3cc(N4c5ccccc5Cc5ccccc54)ccc23)c1. The van der Waals surface area contributed by atoms with E-state index in [0.717, 1.165) is 24.2 Å². The summed E-state index contributed by atoms with van der Waals surface area (Å²) in [5.41, 5.74) is 19.9. The molecule has 0 N–H and O–H groups in total. The standard InChI is InChI=1S/C66H44N2/c1-7-26-53-43(16-1)22-14-28-55(53)45-24-13-25-50(38-45)65-57-36-34-52(68-63-32-11-5-20-48(63)40-49-21-6-12-33-64(49)68)42-60(57)66(56-29-15-23-44-17-2-8-27-54(44)56)58-37-35-51(41-59(58)65)67-61-30-9-3-18-46(61)39-47-19-4-10-31-62(47)67/h1-38,41-42H,39-40H2. The Morgan fingerprint density at radius 1 is 0.250 bits per heavy atom. The van der Waals surface area contributed by atoms with E-state index in [0.29, 0.717) is 0 Å². The molecule has 68 heavy (non-hydrogen) atoms. The van der Waals surface area contributed by atoms with E-state index in [-0.39, 0.29) is 0 Å². The maximum absolute atomic E-state index is 2.49. The fourth-order valence-electron chi connectivity index (χ4n) is 11.6. The summed E-state index contributed by atoms with van der Waals surface area (Å²) < 4.78 is 0. The molecule has 2 aliphatic heterocycles. The third kappa shape index (κ3) is 6.04. The van der Waals surface area contributed by atoms with Crippen LogP contribution in [0.5, 0.6) is 0 Å². The number of anilines is 6. The van der Waals surface area contributed by atoms with E-state index in [9.17, 15) is 0 Å². The van der Waals surface area contributed by atoms with Crippen molar-refractivity contribution in [2.24, 2.45) is 0 Å². The van der Waals surface area contributed by atoms with Crippen LogP contribution in [-0.2, 0) is 12.8 Å². The molecular weight excluding hydrogens is 821 g/mol. The van der Waals surface area contributed by atoms with Gasteiger partial charge >= 0.3 is 0 Å². The van der Waals surface area contributed by atoms with E-state index in [1.165, 1.54) is 121 Å². The van der Waals surface area contributed by atoms with Gasteiger partial charge < -0.3 is 9.80 Å². The molecule has 0 atom stereocenters. The van der Waals surface area contributed by atoms with Crippen LogP contribution in [0.1, 0.15) is 22.3 Å². The first kappa shape index (κ1) is 38.5. The molecule has 2 nitrogen and oxygen atoms in total. The van der Waals surface area contributed by atoms with Gasteiger partial charge in [0.15, 0.2) is 0 Å². The Balaban J connectivity index is 1.11. The monoisotopic (exact) mass is 864 g/mol. The molecule has 12 aromatic rings. The summed E-state index contributed by atoms with van der Waals surface area (Å²) in [7, 11) is 0. The molecule has 0 bridgehead atoms. The molecule has 318 valence electrons. The highest BCUT2D eigenvalue weighted by molar-refractivity contribution is 6.25. The molecule has 0 saturated carbocycles. The predicted molar refractivity (Wildman–Crippen MR) is 288 cm³/mol. The van der Waals surface area contributed by atoms with Crippen LogP contribution in [0, 0.1) is 0 Å². The second kappa shape index (κ2) is 15.4. The van der Waals surface area contributed by atoms with Gasteiger partial charge in [-0.1, -0.05) is 188 Å². The first-order valence-electron chi connectivity index (χ1n) is 23.8. The fraction of sp³-hybridized carbons (Fsp3) is 0.0303. The van der Waals surface area contributed by atoms with Crippen molar-refractivity contribution in [3.63, 3.8) is 0 Å². The van der Waals surface area contributed by atoms with Gasteiger partial charge in [-0.15, -0.1) is 0 Å². The Morgan fingerprint density at radius 2 is 0.647 bits per heavy atom. The fourth-order valence-corrected chi connectivity index (χ4v) is 11.6. The van der Waals surface area contributed by atoms with Gasteiger partial charge in [0, 0.05) is 47.0 Å². The summed E-state index contributed by atoms with van der Waals surface area (Å²) in [5.74, 6) is 0. The molecular formula is C66H44N2. The molecule has 0 aromatic heterocycles. The molecule has 2 heteroatoms. The van der Waals surface area contributed by atoms with Crippen molar-refractivity contribution in [2.45, 2.75) is 12.8 Å². The number of fused-ring (bicyclic) bond motifs is 8. The highest BCUT2D eigenvalue weighted by Crippen LogP contribution is 2.52. The Hall–Kier alpha value is -8.72. The number of para-hydroxylation sites is 4. The lowest BCUT2D eigenvalue weighted by atomic mass is 9.83. The third-order valence-corrected chi connectivity index (χ3v) is 14.6. The zero-order chi connectivity index (χ0) is 44.7. The van der Waals surface area contributed by atoms with E-state index in [1.807, 2.05) is 0 Å². The summed E-state index contributed by atoms with van der Waals surface area (Å²) in [5, 5.41) is 9.84. The molecule has 12 aromatic carbocycles. The van der Waals surface area contributed by atoms with Gasteiger partial charge in [-0.3, -0.25) is 0 Å². The molecule has 0 amide bonds. The van der Waals surface area contributed by atoms with Gasteiger partial charge in [0.25, 0.3) is 0 Å². The summed E-state index contributed by atoms with van der Waals surface area (Å²) >= 11 is 0. The second-order valence-corrected chi connectivity index (χ2v) is 18.4. The predicted octanol–water partition coefficient (Wildman–Crippen LogP) is 18.0. The van der Waals surface area contributed by atoms with Crippen molar-refractivity contribution in [2.75, 3.05) is 9.80 Å². The summed E-state index contributed by atoms with van der Waals surface area (Å²) in [4.78, 5) is 4.97. The van der Waals surface area contributed by atoms with Gasteiger partial charge in [-0.25, -0.2) is 0 Å².